The van der Waals surface area contributed by atoms with Gasteiger partial charge in [0, 0.05) is 12.6 Å². The van der Waals surface area contributed by atoms with Crippen LogP contribution in [0.25, 0.3) is 11.1 Å². The van der Waals surface area contributed by atoms with Crippen molar-refractivity contribution in [3.8, 4) is 11.1 Å². The first-order valence-corrected chi connectivity index (χ1v) is 8.98. The summed E-state index contributed by atoms with van der Waals surface area (Å²) in [7, 11) is 1.96. The summed E-state index contributed by atoms with van der Waals surface area (Å²) in [5.41, 5.74) is 3.66. The number of amides is 1. The van der Waals surface area contributed by atoms with Crippen molar-refractivity contribution < 1.29 is 9.53 Å². The minimum absolute atomic E-state index is 0.120. The lowest BCUT2D eigenvalue weighted by atomic mass is 9.97. The van der Waals surface area contributed by atoms with E-state index in [9.17, 15) is 4.79 Å². The molecule has 1 amide bonds. The molecule has 3 rings (SSSR count). The fourth-order valence-corrected chi connectivity index (χ4v) is 3.63. The van der Waals surface area contributed by atoms with Crippen LogP contribution in [0.5, 0.6) is 0 Å². The van der Waals surface area contributed by atoms with Gasteiger partial charge in [0.25, 0.3) is 0 Å². The van der Waals surface area contributed by atoms with Gasteiger partial charge in [0.1, 0.15) is 0 Å². The van der Waals surface area contributed by atoms with E-state index < -0.39 is 0 Å². The molecule has 1 heterocycles. The van der Waals surface area contributed by atoms with E-state index >= 15 is 0 Å². The molecule has 2 unspecified atom stereocenters. The SMILES string of the molecule is CCOC(=O)N1CCC(NC)C1Cc1cccc(-c2ccccc2)c1. The summed E-state index contributed by atoms with van der Waals surface area (Å²) in [6.45, 7) is 3.00. The maximum atomic E-state index is 12.3. The van der Waals surface area contributed by atoms with Crippen LogP contribution in [0.15, 0.2) is 54.6 Å². The summed E-state index contributed by atoms with van der Waals surface area (Å²) < 4.78 is 5.24. The van der Waals surface area contributed by atoms with Crippen molar-refractivity contribution in [1.29, 1.82) is 0 Å². The van der Waals surface area contributed by atoms with E-state index in [0.29, 0.717) is 12.6 Å². The molecule has 1 N–H and O–H groups in total. The number of benzene rings is 2. The van der Waals surface area contributed by atoms with Crippen LogP contribution in [0.2, 0.25) is 0 Å². The number of likely N-dealkylation sites (tertiary alicyclic amines) is 1. The molecule has 0 aliphatic carbocycles. The highest BCUT2D eigenvalue weighted by Gasteiger charge is 2.36. The Kier molecular flexibility index (Phi) is 5.71. The first-order valence-electron chi connectivity index (χ1n) is 8.98. The molecule has 132 valence electrons. The van der Waals surface area contributed by atoms with Crippen LogP contribution in [0, 0.1) is 0 Å². The molecule has 2 aromatic carbocycles. The number of rotatable bonds is 5. The molecule has 0 bridgehead atoms. The standard InChI is InChI=1S/C21H26N2O2/c1-3-25-21(24)23-13-12-19(22-2)20(23)15-16-8-7-11-18(14-16)17-9-5-4-6-10-17/h4-11,14,19-20,22H,3,12-13,15H2,1-2H3. The lowest BCUT2D eigenvalue weighted by molar-refractivity contribution is 0.100. The normalized spacial score (nSPS) is 19.8. The van der Waals surface area contributed by atoms with E-state index in [-0.39, 0.29) is 12.1 Å². The van der Waals surface area contributed by atoms with Crippen molar-refractivity contribution >= 4 is 6.09 Å². The quantitative estimate of drug-likeness (QED) is 0.903. The van der Waals surface area contributed by atoms with Crippen LogP contribution in [0.4, 0.5) is 4.79 Å². The van der Waals surface area contributed by atoms with Crippen LogP contribution in [0.1, 0.15) is 18.9 Å². The Hall–Kier alpha value is -2.33. The van der Waals surface area contributed by atoms with Crippen molar-refractivity contribution in [3.05, 3.63) is 60.2 Å². The number of nitrogens with zero attached hydrogens (tertiary/aromatic N) is 1. The molecule has 0 radical (unpaired) electrons. The van der Waals surface area contributed by atoms with Crippen LogP contribution < -0.4 is 5.32 Å². The van der Waals surface area contributed by atoms with Gasteiger partial charge in [0.2, 0.25) is 0 Å². The summed E-state index contributed by atoms with van der Waals surface area (Å²) in [5, 5.41) is 3.36. The lowest BCUT2D eigenvalue weighted by Gasteiger charge is -2.27. The molecule has 1 aliphatic heterocycles. The lowest BCUT2D eigenvalue weighted by Crippen LogP contribution is -2.45. The van der Waals surface area contributed by atoms with Gasteiger partial charge in [0.15, 0.2) is 0 Å². The zero-order valence-corrected chi connectivity index (χ0v) is 14.9. The summed E-state index contributed by atoms with van der Waals surface area (Å²) >= 11 is 0. The van der Waals surface area contributed by atoms with E-state index in [1.165, 1.54) is 16.7 Å². The largest absolute Gasteiger partial charge is 0.450 e. The molecule has 1 fully saturated rings. The van der Waals surface area contributed by atoms with Gasteiger partial charge in [0.05, 0.1) is 12.6 Å². The topological polar surface area (TPSA) is 41.6 Å². The summed E-state index contributed by atoms with van der Waals surface area (Å²) in [5.74, 6) is 0. The molecule has 1 aliphatic rings. The third kappa shape index (κ3) is 4.02. The van der Waals surface area contributed by atoms with Crippen LogP contribution >= 0.6 is 0 Å². The summed E-state index contributed by atoms with van der Waals surface area (Å²) in [6, 6.07) is 19.4. The Bertz CT molecular complexity index is 702. The van der Waals surface area contributed by atoms with Crippen LogP contribution in [0.3, 0.4) is 0 Å². The molecule has 2 aromatic rings. The minimum Gasteiger partial charge on any atom is -0.450 e. The molecule has 0 saturated carbocycles. The van der Waals surface area contributed by atoms with Crippen molar-refractivity contribution in [1.82, 2.24) is 10.2 Å². The Balaban J connectivity index is 1.80. The van der Waals surface area contributed by atoms with Gasteiger partial charge in [-0.2, -0.15) is 0 Å². The van der Waals surface area contributed by atoms with Gasteiger partial charge in [-0.15, -0.1) is 0 Å². The Morgan fingerprint density at radius 3 is 2.64 bits per heavy atom. The highest BCUT2D eigenvalue weighted by Crippen LogP contribution is 2.25. The van der Waals surface area contributed by atoms with Crippen molar-refractivity contribution in [2.45, 2.75) is 31.8 Å². The van der Waals surface area contributed by atoms with Gasteiger partial charge in [-0.3, -0.25) is 0 Å². The number of likely N-dealkylation sites (N-methyl/N-ethyl adjacent to an activating group) is 1. The first kappa shape index (κ1) is 17.5. The smallest absolute Gasteiger partial charge is 0.410 e. The molecule has 4 nitrogen and oxygen atoms in total. The highest BCUT2D eigenvalue weighted by molar-refractivity contribution is 5.69. The third-order valence-corrected chi connectivity index (χ3v) is 4.90. The number of carbonyl (C=O) groups excluding carboxylic acids is 1. The molecular formula is C21H26N2O2. The first-order chi connectivity index (χ1) is 12.2. The van der Waals surface area contributed by atoms with Gasteiger partial charge in [-0.05, 0) is 43.5 Å². The highest BCUT2D eigenvalue weighted by atomic mass is 16.6. The van der Waals surface area contributed by atoms with Crippen molar-refractivity contribution in [3.63, 3.8) is 0 Å². The zero-order valence-electron chi connectivity index (χ0n) is 14.9. The second kappa shape index (κ2) is 8.17. The van der Waals surface area contributed by atoms with Gasteiger partial charge in [-0.1, -0.05) is 54.6 Å². The molecular weight excluding hydrogens is 312 g/mol. The number of carbonyl (C=O) groups is 1. The maximum Gasteiger partial charge on any atom is 0.410 e. The number of hydrogen-bond donors (Lipinski definition) is 1. The maximum absolute atomic E-state index is 12.3. The summed E-state index contributed by atoms with van der Waals surface area (Å²) in [6.07, 6.45) is 1.58. The van der Waals surface area contributed by atoms with Crippen molar-refractivity contribution in [2.75, 3.05) is 20.2 Å². The number of nitrogens with one attached hydrogen (secondary N) is 1. The van der Waals surface area contributed by atoms with E-state index in [2.05, 4.69) is 53.8 Å². The minimum atomic E-state index is -0.204. The Morgan fingerprint density at radius 2 is 1.92 bits per heavy atom. The average molecular weight is 338 g/mol. The predicted molar refractivity (Wildman–Crippen MR) is 101 cm³/mol. The molecule has 4 heteroatoms. The van der Waals surface area contributed by atoms with Gasteiger partial charge >= 0.3 is 6.09 Å². The molecule has 1 saturated heterocycles. The molecule has 25 heavy (non-hydrogen) atoms. The molecule has 2 atom stereocenters. The van der Waals surface area contributed by atoms with E-state index in [4.69, 9.17) is 4.74 Å². The van der Waals surface area contributed by atoms with Crippen LogP contribution in [-0.4, -0.2) is 43.3 Å². The Labute approximate surface area is 149 Å². The van der Waals surface area contributed by atoms with E-state index in [1.807, 2.05) is 24.9 Å². The number of hydrogen-bond acceptors (Lipinski definition) is 3. The molecule has 0 aromatic heterocycles. The van der Waals surface area contributed by atoms with Crippen LogP contribution in [-0.2, 0) is 11.2 Å². The average Bonchev–Trinajstić information content (AvgIpc) is 3.05. The third-order valence-electron chi connectivity index (χ3n) is 4.90. The second-order valence-electron chi connectivity index (χ2n) is 6.41. The fraction of sp³-hybridized carbons (Fsp3) is 0.381. The molecule has 0 spiro atoms. The van der Waals surface area contributed by atoms with E-state index in [1.54, 1.807) is 0 Å². The zero-order chi connectivity index (χ0) is 17.6. The Morgan fingerprint density at radius 1 is 1.16 bits per heavy atom. The second-order valence-corrected chi connectivity index (χ2v) is 6.41. The van der Waals surface area contributed by atoms with Crippen molar-refractivity contribution in [2.24, 2.45) is 0 Å². The number of ether oxygens (including phenoxy) is 1. The van der Waals surface area contributed by atoms with E-state index in [0.717, 1.165) is 19.4 Å². The van der Waals surface area contributed by atoms with Gasteiger partial charge < -0.3 is 15.0 Å². The predicted octanol–water partition coefficient (Wildman–Crippen LogP) is 3.71. The fourth-order valence-electron chi connectivity index (χ4n) is 3.63. The summed E-state index contributed by atoms with van der Waals surface area (Å²) in [4.78, 5) is 14.1. The van der Waals surface area contributed by atoms with Gasteiger partial charge in [-0.25, -0.2) is 4.79 Å². The monoisotopic (exact) mass is 338 g/mol.